The Hall–Kier alpha value is -2.57. The van der Waals surface area contributed by atoms with E-state index in [0.717, 1.165) is 11.1 Å². The number of phenols is 1. The van der Waals surface area contributed by atoms with Crippen molar-refractivity contribution in [3.05, 3.63) is 59.4 Å². The number of carbonyl (C=O) groups excluding carboxylic acids is 1. The first-order valence-corrected chi connectivity index (χ1v) is 8.36. The van der Waals surface area contributed by atoms with E-state index in [1.165, 1.54) is 20.3 Å². The van der Waals surface area contributed by atoms with Gasteiger partial charge < -0.3 is 24.4 Å². The van der Waals surface area contributed by atoms with Gasteiger partial charge in [-0.25, -0.2) is 0 Å². The lowest BCUT2D eigenvalue weighted by molar-refractivity contribution is -0.114. The van der Waals surface area contributed by atoms with Crippen LogP contribution in [0.25, 0.3) is 0 Å². The van der Waals surface area contributed by atoms with E-state index in [0.29, 0.717) is 12.4 Å². The molecule has 0 bridgehead atoms. The van der Waals surface area contributed by atoms with E-state index in [-0.39, 0.29) is 41.8 Å². The Labute approximate surface area is 152 Å². The number of phenolic OH excluding ortho intramolecular Hbond substituents is 1. The van der Waals surface area contributed by atoms with Crippen molar-refractivity contribution in [1.29, 1.82) is 0 Å². The minimum atomic E-state index is -0.309. The van der Waals surface area contributed by atoms with Gasteiger partial charge in [0.25, 0.3) is 0 Å². The second-order valence-electron chi connectivity index (χ2n) is 6.27. The largest absolute Gasteiger partial charge is 0.504 e. The predicted octanol–water partition coefficient (Wildman–Crippen LogP) is 2.29. The Kier molecular flexibility index (Phi) is 5.44. The van der Waals surface area contributed by atoms with Gasteiger partial charge in [-0.15, -0.1) is 0 Å². The molecule has 3 rings (SSSR count). The van der Waals surface area contributed by atoms with E-state index in [9.17, 15) is 15.0 Å². The number of allylic oxidation sites excluding steroid dienone is 4. The van der Waals surface area contributed by atoms with Crippen LogP contribution in [-0.4, -0.2) is 43.4 Å². The van der Waals surface area contributed by atoms with Gasteiger partial charge >= 0.3 is 0 Å². The molecule has 1 aliphatic heterocycles. The van der Waals surface area contributed by atoms with Crippen LogP contribution in [0.1, 0.15) is 11.7 Å². The molecule has 2 N–H and O–H groups in total. The van der Waals surface area contributed by atoms with E-state index in [1.54, 1.807) is 30.4 Å². The van der Waals surface area contributed by atoms with Gasteiger partial charge in [0.05, 0.1) is 26.9 Å². The zero-order valence-corrected chi connectivity index (χ0v) is 14.7. The van der Waals surface area contributed by atoms with Crippen LogP contribution in [0, 0.1) is 11.8 Å². The van der Waals surface area contributed by atoms with Gasteiger partial charge in [-0.3, -0.25) is 4.79 Å². The van der Waals surface area contributed by atoms with Crippen molar-refractivity contribution < 1.29 is 29.2 Å². The van der Waals surface area contributed by atoms with Crippen molar-refractivity contribution in [2.45, 2.75) is 6.10 Å². The van der Waals surface area contributed by atoms with Gasteiger partial charge in [-0.1, -0.05) is 18.2 Å². The molecule has 3 atom stereocenters. The summed E-state index contributed by atoms with van der Waals surface area (Å²) in [6.07, 6.45) is 6.57. The number of methoxy groups -OCH3 is 2. The maximum Gasteiger partial charge on any atom is 0.220 e. The van der Waals surface area contributed by atoms with Crippen LogP contribution in [0.3, 0.4) is 0 Å². The summed E-state index contributed by atoms with van der Waals surface area (Å²) in [6, 6.07) is 5.05. The zero-order chi connectivity index (χ0) is 18.7. The van der Waals surface area contributed by atoms with Crippen LogP contribution in [0.15, 0.2) is 53.8 Å². The molecule has 0 amide bonds. The average molecular weight is 358 g/mol. The molecule has 138 valence electrons. The molecule has 0 radical (unpaired) electrons. The molecular formula is C20H22O6. The van der Waals surface area contributed by atoms with Crippen LogP contribution in [-0.2, 0) is 14.3 Å². The summed E-state index contributed by atoms with van der Waals surface area (Å²) in [5, 5.41) is 19.7. The van der Waals surface area contributed by atoms with Crippen molar-refractivity contribution in [2.24, 2.45) is 11.8 Å². The fourth-order valence-corrected chi connectivity index (χ4v) is 3.34. The topological polar surface area (TPSA) is 85.2 Å². The first-order valence-electron chi connectivity index (χ1n) is 8.36. The number of aromatic hydroxyl groups is 1. The number of ether oxygens (including phenoxy) is 3. The number of benzene rings is 1. The summed E-state index contributed by atoms with van der Waals surface area (Å²) >= 11 is 0. The number of hydrogen-bond acceptors (Lipinski definition) is 6. The molecule has 0 spiro atoms. The minimum Gasteiger partial charge on any atom is -0.504 e. The first kappa shape index (κ1) is 18.2. The summed E-state index contributed by atoms with van der Waals surface area (Å²) in [6.45, 7) is 0.395. The number of rotatable bonds is 5. The molecule has 1 saturated heterocycles. The fourth-order valence-electron chi connectivity index (χ4n) is 3.34. The Morgan fingerprint density at radius 3 is 2.77 bits per heavy atom. The highest BCUT2D eigenvalue weighted by Crippen LogP contribution is 2.41. The van der Waals surface area contributed by atoms with Gasteiger partial charge in [0.15, 0.2) is 17.3 Å². The number of aliphatic hydroxyl groups is 1. The van der Waals surface area contributed by atoms with Gasteiger partial charge in [-0.2, -0.15) is 0 Å². The number of ketones is 1. The number of carbonyl (C=O) groups is 1. The van der Waals surface area contributed by atoms with Crippen molar-refractivity contribution in [1.82, 2.24) is 0 Å². The third kappa shape index (κ3) is 3.52. The van der Waals surface area contributed by atoms with E-state index in [1.807, 2.05) is 6.08 Å². The van der Waals surface area contributed by atoms with E-state index in [2.05, 4.69) is 0 Å². The van der Waals surface area contributed by atoms with E-state index < -0.39 is 0 Å². The van der Waals surface area contributed by atoms with Crippen molar-refractivity contribution in [2.75, 3.05) is 27.4 Å². The molecule has 26 heavy (non-hydrogen) atoms. The molecule has 1 aromatic carbocycles. The second-order valence-corrected chi connectivity index (χ2v) is 6.27. The molecule has 6 nitrogen and oxygen atoms in total. The van der Waals surface area contributed by atoms with Gasteiger partial charge in [0.2, 0.25) is 5.78 Å². The molecule has 0 saturated carbocycles. The van der Waals surface area contributed by atoms with Crippen LogP contribution in [0.5, 0.6) is 11.5 Å². The van der Waals surface area contributed by atoms with Crippen LogP contribution in [0.2, 0.25) is 0 Å². The van der Waals surface area contributed by atoms with Gasteiger partial charge in [-0.05, 0) is 35.4 Å². The normalized spacial score (nSPS) is 26.9. The molecule has 6 heteroatoms. The lowest BCUT2D eigenvalue weighted by Gasteiger charge is -2.20. The molecular weight excluding hydrogens is 336 g/mol. The zero-order valence-electron chi connectivity index (χ0n) is 14.7. The summed E-state index contributed by atoms with van der Waals surface area (Å²) in [7, 11) is 2.95. The average Bonchev–Trinajstić information content (AvgIpc) is 3.06. The number of aliphatic hydroxyl groups excluding tert-OH is 1. The van der Waals surface area contributed by atoms with Crippen molar-refractivity contribution in [3.8, 4) is 11.5 Å². The SMILES string of the molecule is COC1=C/C(=C\[C@@H]2CO[C@H](c3ccc(O)c(OC)c3)[C@H]2CO)C=CC1=O. The Morgan fingerprint density at radius 2 is 2.08 bits per heavy atom. The summed E-state index contributed by atoms with van der Waals surface area (Å²) in [5.74, 6) is 0.376. The number of hydrogen-bond donors (Lipinski definition) is 2. The summed E-state index contributed by atoms with van der Waals surface area (Å²) < 4.78 is 16.2. The van der Waals surface area contributed by atoms with Gasteiger partial charge in [0.1, 0.15) is 0 Å². The lowest BCUT2D eigenvalue weighted by Crippen LogP contribution is -2.18. The smallest absolute Gasteiger partial charge is 0.220 e. The molecule has 1 aromatic rings. The van der Waals surface area contributed by atoms with Gasteiger partial charge in [0, 0.05) is 18.4 Å². The highest BCUT2D eigenvalue weighted by atomic mass is 16.5. The molecule has 1 fully saturated rings. The Bertz CT molecular complexity index is 777. The van der Waals surface area contributed by atoms with E-state index >= 15 is 0 Å². The van der Waals surface area contributed by atoms with Crippen LogP contribution >= 0.6 is 0 Å². The molecule has 2 aliphatic rings. The Balaban J connectivity index is 1.84. The monoisotopic (exact) mass is 358 g/mol. The molecule has 0 unspecified atom stereocenters. The predicted molar refractivity (Wildman–Crippen MR) is 94.7 cm³/mol. The maximum atomic E-state index is 11.6. The van der Waals surface area contributed by atoms with Crippen molar-refractivity contribution in [3.63, 3.8) is 0 Å². The summed E-state index contributed by atoms with van der Waals surface area (Å²) in [5.41, 5.74) is 1.68. The van der Waals surface area contributed by atoms with E-state index in [4.69, 9.17) is 14.2 Å². The standard InChI is InChI=1S/C20H22O6/c1-24-18-8-12(3-5-16(18)22)7-14-11-26-20(15(14)10-21)13-4-6-17(23)19(9-13)25-2/h3-9,14-15,20-21,23H,10-11H2,1-2H3/b12-7-/t14-,15+,20-/m1/s1. The molecule has 1 aliphatic carbocycles. The molecule has 1 heterocycles. The molecule has 0 aromatic heterocycles. The van der Waals surface area contributed by atoms with Crippen LogP contribution in [0.4, 0.5) is 0 Å². The highest BCUT2D eigenvalue weighted by molar-refractivity contribution is 6.04. The Morgan fingerprint density at radius 1 is 1.27 bits per heavy atom. The van der Waals surface area contributed by atoms with Crippen molar-refractivity contribution >= 4 is 5.78 Å². The fraction of sp³-hybridized carbons (Fsp3) is 0.350. The van der Waals surface area contributed by atoms with Crippen LogP contribution < -0.4 is 4.74 Å². The third-order valence-corrected chi connectivity index (χ3v) is 4.74. The lowest BCUT2D eigenvalue weighted by atomic mass is 9.86. The minimum absolute atomic E-state index is 0.0213. The quantitative estimate of drug-likeness (QED) is 0.840. The summed E-state index contributed by atoms with van der Waals surface area (Å²) in [4.78, 5) is 11.6. The third-order valence-electron chi connectivity index (χ3n) is 4.74. The maximum absolute atomic E-state index is 11.6. The first-order chi connectivity index (χ1) is 12.6. The second kappa shape index (κ2) is 7.76. The highest BCUT2D eigenvalue weighted by Gasteiger charge is 2.37.